The van der Waals surface area contributed by atoms with Gasteiger partial charge in [0.25, 0.3) is 5.69 Å². The van der Waals surface area contributed by atoms with Crippen molar-refractivity contribution in [3.05, 3.63) is 64.2 Å². The molecule has 0 atom stereocenters. The van der Waals surface area contributed by atoms with Crippen LogP contribution < -0.4 is 5.43 Å². The molecule has 1 N–H and O–H groups in total. The van der Waals surface area contributed by atoms with Gasteiger partial charge in [-0.2, -0.15) is 5.10 Å². The van der Waals surface area contributed by atoms with Crippen LogP contribution in [-0.4, -0.2) is 16.1 Å². The monoisotopic (exact) mass is 298 g/mol. The highest BCUT2D eigenvalue weighted by Gasteiger charge is 2.04. The highest BCUT2D eigenvalue weighted by molar-refractivity contribution is 7.22. The van der Waals surface area contributed by atoms with Crippen molar-refractivity contribution in [2.24, 2.45) is 5.10 Å². The first-order valence-corrected chi connectivity index (χ1v) is 6.93. The maximum Gasteiger partial charge on any atom is 0.270 e. The predicted molar refractivity (Wildman–Crippen MR) is 83.9 cm³/mol. The average Bonchev–Trinajstić information content (AvgIpc) is 2.90. The normalized spacial score (nSPS) is 11.0. The van der Waals surface area contributed by atoms with Crippen molar-refractivity contribution in [1.29, 1.82) is 0 Å². The summed E-state index contributed by atoms with van der Waals surface area (Å²) in [5.41, 5.74) is 4.44. The minimum absolute atomic E-state index is 0.0407. The predicted octanol–water partition coefficient (Wildman–Crippen LogP) is 3.65. The van der Waals surface area contributed by atoms with Gasteiger partial charge in [-0.25, -0.2) is 4.98 Å². The van der Waals surface area contributed by atoms with Crippen LogP contribution in [0.4, 0.5) is 10.8 Å². The number of fused-ring (bicyclic) bond motifs is 1. The van der Waals surface area contributed by atoms with E-state index in [1.165, 1.54) is 29.7 Å². The van der Waals surface area contributed by atoms with Gasteiger partial charge < -0.3 is 0 Å². The molecule has 0 aliphatic carbocycles. The van der Waals surface area contributed by atoms with Crippen LogP contribution in [0.5, 0.6) is 0 Å². The lowest BCUT2D eigenvalue weighted by molar-refractivity contribution is -0.384. The molecule has 3 rings (SSSR count). The topological polar surface area (TPSA) is 80.4 Å². The van der Waals surface area contributed by atoms with Crippen molar-refractivity contribution in [3.63, 3.8) is 0 Å². The molecular formula is C14H10N4O2S. The molecule has 3 aromatic rings. The van der Waals surface area contributed by atoms with Crippen LogP contribution in [0.3, 0.4) is 0 Å². The van der Waals surface area contributed by atoms with Gasteiger partial charge in [-0.3, -0.25) is 15.5 Å². The van der Waals surface area contributed by atoms with Crippen molar-refractivity contribution in [2.45, 2.75) is 0 Å². The SMILES string of the molecule is O=[N+]([O-])c1cccc(/C=N/Nc2nc3ccccc3s2)c1. The van der Waals surface area contributed by atoms with E-state index in [0.29, 0.717) is 10.7 Å². The number of hydrogen-bond donors (Lipinski definition) is 1. The molecule has 0 saturated heterocycles. The first-order chi connectivity index (χ1) is 10.2. The Morgan fingerprint density at radius 1 is 1.24 bits per heavy atom. The third-order valence-electron chi connectivity index (χ3n) is 2.75. The molecule has 0 unspecified atom stereocenters. The second kappa shape index (κ2) is 5.68. The number of rotatable bonds is 4. The Morgan fingerprint density at radius 2 is 2.10 bits per heavy atom. The molecule has 7 heteroatoms. The van der Waals surface area contributed by atoms with Crippen LogP contribution in [-0.2, 0) is 0 Å². The fourth-order valence-corrected chi connectivity index (χ4v) is 2.62. The number of non-ortho nitro benzene ring substituents is 1. The van der Waals surface area contributed by atoms with Gasteiger partial charge in [0, 0.05) is 17.7 Å². The molecule has 0 spiro atoms. The highest BCUT2D eigenvalue weighted by atomic mass is 32.1. The molecule has 6 nitrogen and oxygen atoms in total. The van der Waals surface area contributed by atoms with Gasteiger partial charge in [0.2, 0.25) is 5.13 Å². The number of hydrogen-bond acceptors (Lipinski definition) is 6. The van der Waals surface area contributed by atoms with Crippen LogP contribution in [0.1, 0.15) is 5.56 Å². The van der Waals surface area contributed by atoms with E-state index >= 15 is 0 Å². The fourth-order valence-electron chi connectivity index (χ4n) is 1.80. The van der Waals surface area contributed by atoms with Crippen molar-refractivity contribution in [2.75, 3.05) is 5.43 Å². The number of aromatic nitrogens is 1. The summed E-state index contributed by atoms with van der Waals surface area (Å²) in [6.45, 7) is 0. The minimum atomic E-state index is -0.432. The van der Waals surface area contributed by atoms with Gasteiger partial charge in [0.05, 0.1) is 21.4 Å². The lowest BCUT2D eigenvalue weighted by atomic mass is 10.2. The Bertz CT molecular complexity index is 795. The average molecular weight is 298 g/mol. The highest BCUT2D eigenvalue weighted by Crippen LogP contribution is 2.25. The minimum Gasteiger partial charge on any atom is -0.258 e. The third-order valence-corrected chi connectivity index (χ3v) is 3.69. The van der Waals surface area contributed by atoms with Crippen LogP contribution >= 0.6 is 11.3 Å². The summed E-state index contributed by atoms with van der Waals surface area (Å²) >= 11 is 1.50. The molecule has 1 heterocycles. The molecule has 1 aromatic heterocycles. The maximum absolute atomic E-state index is 10.7. The summed E-state index contributed by atoms with van der Waals surface area (Å²) in [7, 11) is 0. The largest absolute Gasteiger partial charge is 0.270 e. The smallest absolute Gasteiger partial charge is 0.258 e. The van der Waals surface area contributed by atoms with Crippen LogP contribution in [0.25, 0.3) is 10.2 Å². The zero-order valence-electron chi connectivity index (χ0n) is 10.8. The molecule has 21 heavy (non-hydrogen) atoms. The lowest BCUT2D eigenvalue weighted by Crippen LogP contribution is -1.92. The zero-order chi connectivity index (χ0) is 14.7. The van der Waals surface area contributed by atoms with Gasteiger partial charge in [-0.05, 0) is 12.1 Å². The standard InChI is InChI=1S/C14H10N4O2S/c19-18(20)11-5-3-4-10(8-11)9-15-17-14-16-12-6-1-2-7-13(12)21-14/h1-9H,(H,16,17)/b15-9+. The molecular weight excluding hydrogens is 288 g/mol. The Hall–Kier alpha value is -2.80. The number of anilines is 1. The summed E-state index contributed by atoms with van der Waals surface area (Å²) in [6.07, 6.45) is 1.53. The van der Waals surface area contributed by atoms with E-state index < -0.39 is 4.92 Å². The fraction of sp³-hybridized carbons (Fsp3) is 0. The van der Waals surface area contributed by atoms with Crippen LogP contribution in [0, 0.1) is 10.1 Å². The molecule has 0 aliphatic rings. The number of benzene rings is 2. The van der Waals surface area contributed by atoms with Gasteiger partial charge >= 0.3 is 0 Å². The number of nitrogens with zero attached hydrogens (tertiary/aromatic N) is 3. The number of nitro benzene ring substituents is 1. The maximum atomic E-state index is 10.7. The molecule has 2 aromatic carbocycles. The summed E-state index contributed by atoms with van der Waals surface area (Å²) in [6, 6.07) is 14.1. The summed E-state index contributed by atoms with van der Waals surface area (Å²) in [5.74, 6) is 0. The van der Waals surface area contributed by atoms with E-state index in [9.17, 15) is 10.1 Å². The summed E-state index contributed by atoms with van der Waals surface area (Å²) < 4.78 is 1.07. The van der Waals surface area contributed by atoms with Crippen molar-refractivity contribution < 1.29 is 4.92 Å². The molecule has 0 bridgehead atoms. The summed E-state index contributed by atoms with van der Waals surface area (Å²) in [4.78, 5) is 14.6. The van der Waals surface area contributed by atoms with Crippen molar-refractivity contribution >= 4 is 38.6 Å². The Labute approximate surface area is 123 Å². The molecule has 0 fully saturated rings. The van der Waals surface area contributed by atoms with Gasteiger partial charge in [-0.1, -0.05) is 35.6 Å². The summed E-state index contributed by atoms with van der Waals surface area (Å²) in [5, 5.41) is 15.4. The molecule has 0 radical (unpaired) electrons. The number of nitrogens with one attached hydrogen (secondary N) is 1. The van der Waals surface area contributed by atoms with Gasteiger partial charge in [0.1, 0.15) is 0 Å². The molecule has 104 valence electrons. The van der Waals surface area contributed by atoms with E-state index in [-0.39, 0.29) is 5.69 Å². The van der Waals surface area contributed by atoms with Crippen molar-refractivity contribution in [3.8, 4) is 0 Å². The molecule has 0 amide bonds. The van der Waals surface area contributed by atoms with E-state index in [1.807, 2.05) is 24.3 Å². The number of thiazole rings is 1. The van der Waals surface area contributed by atoms with E-state index in [1.54, 1.807) is 12.1 Å². The van der Waals surface area contributed by atoms with Crippen LogP contribution in [0.2, 0.25) is 0 Å². The first kappa shape index (κ1) is 13.2. The number of hydrazone groups is 1. The zero-order valence-corrected chi connectivity index (χ0v) is 11.6. The lowest BCUT2D eigenvalue weighted by Gasteiger charge is -1.95. The van der Waals surface area contributed by atoms with E-state index in [0.717, 1.165) is 10.2 Å². The van der Waals surface area contributed by atoms with Gasteiger partial charge in [0.15, 0.2) is 0 Å². The Kier molecular flexibility index (Phi) is 3.57. The van der Waals surface area contributed by atoms with E-state index in [4.69, 9.17) is 0 Å². The van der Waals surface area contributed by atoms with Gasteiger partial charge in [-0.15, -0.1) is 0 Å². The number of para-hydroxylation sites is 1. The quantitative estimate of drug-likeness (QED) is 0.453. The molecule has 0 aliphatic heterocycles. The Balaban J connectivity index is 1.74. The Morgan fingerprint density at radius 3 is 2.90 bits per heavy atom. The second-order valence-electron chi connectivity index (χ2n) is 4.21. The third kappa shape index (κ3) is 3.03. The van der Waals surface area contributed by atoms with Crippen LogP contribution in [0.15, 0.2) is 53.6 Å². The number of nitro groups is 1. The molecule has 0 saturated carbocycles. The van der Waals surface area contributed by atoms with Crippen molar-refractivity contribution in [1.82, 2.24) is 4.98 Å². The second-order valence-corrected chi connectivity index (χ2v) is 5.24. The first-order valence-electron chi connectivity index (χ1n) is 6.11. The van der Waals surface area contributed by atoms with E-state index in [2.05, 4.69) is 15.5 Å².